The van der Waals surface area contributed by atoms with E-state index < -0.39 is 0 Å². The minimum Gasteiger partial charge on any atom is -0.469 e. The van der Waals surface area contributed by atoms with Gasteiger partial charge in [-0.1, -0.05) is 6.08 Å². The SMILES string of the molecule is CCN=C(C)N.COC(=O)CCC/C=C\F. The van der Waals surface area contributed by atoms with E-state index in [0.29, 0.717) is 31.4 Å². The van der Waals surface area contributed by atoms with E-state index in [-0.39, 0.29) is 5.97 Å². The number of allylic oxidation sites excluding steroid dienone is 1. The Hall–Kier alpha value is -1.39. The van der Waals surface area contributed by atoms with Crippen molar-refractivity contribution in [3.63, 3.8) is 0 Å². The average molecular weight is 232 g/mol. The van der Waals surface area contributed by atoms with Crippen LogP contribution in [0.5, 0.6) is 0 Å². The Labute approximate surface area is 96.4 Å². The molecule has 0 heterocycles. The van der Waals surface area contributed by atoms with Crippen LogP contribution in [0.3, 0.4) is 0 Å². The largest absolute Gasteiger partial charge is 0.469 e. The van der Waals surface area contributed by atoms with Crippen molar-refractivity contribution >= 4 is 11.8 Å². The van der Waals surface area contributed by atoms with Crippen LogP contribution in [0.1, 0.15) is 33.1 Å². The van der Waals surface area contributed by atoms with Crippen molar-refractivity contribution in [2.75, 3.05) is 13.7 Å². The van der Waals surface area contributed by atoms with Crippen LogP contribution in [0.4, 0.5) is 4.39 Å². The summed E-state index contributed by atoms with van der Waals surface area (Å²) in [6.45, 7) is 4.53. The van der Waals surface area contributed by atoms with Crippen molar-refractivity contribution in [2.45, 2.75) is 33.1 Å². The Bertz CT molecular complexity index is 224. The number of esters is 1. The van der Waals surface area contributed by atoms with Crippen molar-refractivity contribution in [2.24, 2.45) is 10.7 Å². The number of unbranched alkanes of at least 4 members (excludes halogenated alkanes) is 1. The zero-order valence-electron chi connectivity index (χ0n) is 10.2. The summed E-state index contributed by atoms with van der Waals surface area (Å²) in [5.41, 5.74) is 5.15. The summed E-state index contributed by atoms with van der Waals surface area (Å²) in [6, 6.07) is 0. The predicted molar refractivity (Wildman–Crippen MR) is 64.0 cm³/mol. The smallest absolute Gasteiger partial charge is 0.305 e. The van der Waals surface area contributed by atoms with Gasteiger partial charge in [0, 0.05) is 13.0 Å². The second kappa shape index (κ2) is 13.6. The highest BCUT2D eigenvalue weighted by Gasteiger charge is 1.96. The molecular weight excluding hydrogens is 211 g/mol. The van der Waals surface area contributed by atoms with Crippen molar-refractivity contribution in [1.29, 1.82) is 0 Å². The molecule has 94 valence electrons. The molecule has 0 saturated carbocycles. The van der Waals surface area contributed by atoms with Gasteiger partial charge in [-0.3, -0.25) is 9.79 Å². The van der Waals surface area contributed by atoms with Crippen LogP contribution in [0.2, 0.25) is 0 Å². The molecule has 0 aromatic carbocycles. The molecule has 16 heavy (non-hydrogen) atoms. The lowest BCUT2D eigenvalue weighted by Gasteiger charge is -1.94. The first kappa shape index (κ1) is 17.0. The van der Waals surface area contributed by atoms with Crippen LogP contribution >= 0.6 is 0 Å². The van der Waals surface area contributed by atoms with Gasteiger partial charge in [-0.05, 0) is 26.7 Å². The number of methoxy groups -OCH3 is 1. The number of aliphatic imine (C=N–C) groups is 1. The quantitative estimate of drug-likeness (QED) is 0.342. The van der Waals surface area contributed by atoms with Gasteiger partial charge in [0.05, 0.1) is 19.3 Å². The topological polar surface area (TPSA) is 64.7 Å². The maximum atomic E-state index is 11.3. The van der Waals surface area contributed by atoms with Gasteiger partial charge in [-0.2, -0.15) is 0 Å². The van der Waals surface area contributed by atoms with Crippen LogP contribution in [0.15, 0.2) is 17.4 Å². The summed E-state index contributed by atoms with van der Waals surface area (Å²) in [7, 11) is 1.34. The van der Waals surface area contributed by atoms with Crippen molar-refractivity contribution in [3.05, 3.63) is 12.4 Å². The van der Waals surface area contributed by atoms with Crippen LogP contribution in [-0.2, 0) is 9.53 Å². The molecule has 0 spiro atoms. The fourth-order valence-electron chi connectivity index (χ4n) is 0.779. The van der Waals surface area contributed by atoms with Crippen molar-refractivity contribution < 1.29 is 13.9 Å². The van der Waals surface area contributed by atoms with Crippen LogP contribution in [0.25, 0.3) is 0 Å². The normalized spacial score (nSPS) is 10.9. The third-order valence-corrected chi connectivity index (χ3v) is 1.48. The number of rotatable bonds is 5. The Morgan fingerprint density at radius 1 is 1.56 bits per heavy atom. The fraction of sp³-hybridized carbons (Fsp3) is 0.636. The number of halogens is 1. The van der Waals surface area contributed by atoms with E-state index in [4.69, 9.17) is 5.73 Å². The Morgan fingerprint density at radius 2 is 2.19 bits per heavy atom. The standard InChI is InChI=1S/C7H11FO2.C4H10N2/c1-10-7(9)5-3-2-4-6-8;1-3-6-4(2)5/h4,6H,2-3,5H2,1H3;3H2,1-2H3,(H2,5,6)/b6-4-;. The first-order valence-corrected chi connectivity index (χ1v) is 5.17. The average Bonchev–Trinajstić information content (AvgIpc) is 2.24. The highest BCUT2D eigenvalue weighted by molar-refractivity contribution is 5.77. The van der Waals surface area contributed by atoms with Crippen LogP contribution in [-0.4, -0.2) is 25.5 Å². The lowest BCUT2D eigenvalue weighted by Crippen LogP contribution is -2.04. The minimum absolute atomic E-state index is 0.243. The molecule has 0 aromatic rings. The molecule has 0 aliphatic carbocycles. The van der Waals surface area contributed by atoms with Crippen molar-refractivity contribution in [1.82, 2.24) is 0 Å². The Balaban J connectivity index is 0. The molecule has 4 nitrogen and oxygen atoms in total. The van der Waals surface area contributed by atoms with Gasteiger partial charge in [-0.15, -0.1) is 0 Å². The molecule has 0 saturated heterocycles. The molecule has 0 unspecified atom stereocenters. The number of amidine groups is 1. The fourth-order valence-corrected chi connectivity index (χ4v) is 0.779. The van der Waals surface area contributed by atoms with E-state index in [1.807, 2.05) is 6.92 Å². The molecular formula is C11H21FN2O2. The van der Waals surface area contributed by atoms with E-state index in [9.17, 15) is 9.18 Å². The number of hydrogen-bond acceptors (Lipinski definition) is 3. The highest BCUT2D eigenvalue weighted by atomic mass is 19.1. The number of carbonyl (C=O) groups excluding carboxylic acids is 1. The van der Waals surface area contributed by atoms with Gasteiger partial charge < -0.3 is 10.5 Å². The van der Waals surface area contributed by atoms with Gasteiger partial charge in [0.15, 0.2) is 0 Å². The lowest BCUT2D eigenvalue weighted by molar-refractivity contribution is -0.140. The number of nitrogens with two attached hydrogens (primary N) is 1. The van der Waals surface area contributed by atoms with Gasteiger partial charge in [0.1, 0.15) is 0 Å². The number of nitrogens with zero attached hydrogens (tertiary/aromatic N) is 1. The predicted octanol–water partition coefficient (Wildman–Crippen LogP) is 2.20. The summed E-state index contributed by atoms with van der Waals surface area (Å²) in [4.78, 5) is 14.3. The molecule has 2 N–H and O–H groups in total. The van der Waals surface area contributed by atoms with Gasteiger partial charge in [-0.25, -0.2) is 4.39 Å². The third-order valence-electron chi connectivity index (χ3n) is 1.48. The third kappa shape index (κ3) is 18.4. The molecule has 0 bridgehead atoms. The highest BCUT2D eigenvalue weighted by Crippen LogP contribution is 1.97. The Morgan fingerprint density at radius 3 is 2.50 bits per heavy atom. The molecule has 0 aliphatic rings. The van der Waals surface area contributed by atoms with Crippen LogP contribution in [0, 0.1) is 0 Å². The summed E-state index contributed by atoms with van der Waals surface area (Å²) in [5.74, 6) is 0.421. The van der Waals surface area contributed by atoms with E-state index in [1.165, 1.54) is 13.2 Å². The van der Waals surface area contributed by atoms with Gasteiger partial charge in [0.2, 0.25) is 0 Å². The first-order chi connectivity index (χ1) is 7.58. The van der Waals surface area contributed by atoms with Crippen molar-refractivity contribution in [3.8, 4) is 0 Å². The van der Waals surface area contributed by atoms with E-state index in [0.717, 1.165) is 6.54 Å². The van der Waals surface area contributed by atoms with Crippen LogP contribution < -0.4 is 5.73 Å². The number of ether oxygens (including phenoxy) is 1. The van der Waals surface area contributed by atoms with E-state index in [2.05, 4.69) is 9.73 Å². The molecule has 0 aliphatic heterocycles. The van der Waals surface area contributed by atoms with Gasteiger partial charge in [0.25, 0.3) is 0 Å². The second-order valence-corrected chi connectivity index (χ2v) is 2.95. The number of hydrogen-bond donors (Lipinski definition) is 1. The maximum Gasteiger partial charge on any atom is 0.305 e. The maximum absolute atomic E-state index is 11.3. The van der Waals surface area contributed by atoms with Gasteiger partial charge >= 0.3 is 5.97 Å². The molecule has 0 radical (unpaired) electrons. The summed E-state index contributed by atoms with van der Waals surface area (Å²) in [6.07, 6.45) is 3.46. The van der Waals surface area contributed by atoms with E-state index >= 15 is 0 Å². The molecule has 0 rings (SSSR count). The summed E-state index contributed by atoms with van der Waals surface area (Å²) in [5, 5.41) is 0. The molecule has 0 amide bonds. The lowest BCUT2D eigenvalue weighted by atomic mass is 10.2. The zero-order chi connectivity index (χ0) is 12.8. The zero-order valence-corrected chi connectivity index (χ0v) is 10.2. The molecule has 0 atom stereocenters. The minimum atomic E-state index is -0.243. The van der Waals surface area contributed by atoms with E-state index in [1.54, 1.807) is 6.92 Å². The molecule has 0 aromatic heterocycles. The Kier molecular flexibility index (Phi) is 14.5. The molecule has 0 fully saturated rings. The number of carbonyl (C=O) groups is 1. The second-order valence-electron chi connectivity index (χ2n) is 2.95. The molecule has 5 heteroatoms. The summed E-state index contributed by atoms with van der Waals surface area (Å²) >= 11 is 0. The monoisotopic (exact) mass is 232 g/mol. The summed E-state index contributed by atoms with van der Waals surface area (Å²) < 4.78 is 15.7. The first-order valence-electron chi connectivity index (χ1n) is 5.17.